The minimum atomic E-state index is 0.801. The summed E-state index contributed by atoms with van der Waals surface area (Å²) >= 11 is 0. The number of hydrogen-bond acceptors (Lipinski definition) is 0. The summed E-state index contributed by atoms with van der Waals surface area (Å²) in [5.41, 5.74) is 0. The van der Waals surface area contributed by atoms with Crippen molar-refractivity contribution in [2.75, 3.05) is 0 Å². The first kappa shape index (κ1) is 13.9. The van der Waals surface area contributed by atoms with Crippen LogP contribution in [0, 0.1) is 23.7 Å². The quantitative estimate of drug-likeness (QED) is 0.542. The van der Waals surface area contributed by atoms with Crippen molar-refractivity contribution in [3.63, 3.8) is 0 Å². The number of hydrogen-bond donors (Lipinski definition) is 0. The van der Waals surface area contributed by atoms with Crippen LogP contribution in [0.3, 0.4) is 0 Å². The summed E-state index contributed by atoms with van der Waals surface area (Å²) < 4.78 is 0. The van der Waals surface area contributed by atoms with Crippen molar-refractivity contribution in [1.82, 2.24) is 0 Å². The van der Waals surface area contributed by atoms with E-state index in [1.54, 1.807) is 0 Å². The summed E-state index contributed by atoms with van der Waals surface area (Å²) in [6.45, 7) is 6.25. The molecule has 2 rings (SSSR count). The summed E-state index contributed by atoms with van der Waals surface area (Å²) in [6, 6.07) is 0. The van der Waals surface area contributed by atoms with Gasteiger partial charge in [-0.05, 0) is 68.6 Å². The van der Waals surface area contributed by atoms with E-state index < -0.39 is 0 Å². The predicted octanol–water partition coefficient (Wildman–Crippen LogP) is 5.75. The molecule has 2 saturated carbocycles. The highest BCUT2D eigenvalue weighted by molar-refractivity contribution is 4.98. The van der Waals surface area contributed by atoms with Gasteiger partial charge in [0.15, 0.2) is 0 Å². The molecule has 2 fully saturated rings. The van der Waals surface area contributed by atoms with Gasteiger partial charge in [0, 0.05) is 0 Å². The van der Waals surface area contributed by atoms with Crippen LogP contribution in [0.2, 0.25) is 0 Å². The zero-order valence-corrected chi connectivity index (χ0v) is 12.1. The molecule has 0 aromatic rings. The normalized spacial score (nSPS) is 37.2. The van der Waals surface area contributed by atoms with Gasteiger partial charge >= 0.3 is 0 Å². The fourth-order valence-corrected chi connectivity index (χ4v) is 3.85. The average Bonchev–Trinajstić information content (AvgIpc) is 2.85. The maximum Gasteiger partial charge on any atom is -0.0231 e. The third-order valence-electron chi connectivity index (χ3n) is 5.08. The minimum Gasteiger partial charge on any atom is -0.103 e. The molecule has 18 heavy (non-hydrogen) atoms. The van der Waals surface area contributed by atoms with E-state index in [0.29, 0.717) is 0 Å². The van der Waals surface area contributed by atoms with Crippen LogP contribution in [0.25, 0.3) is 0 Å². The Hall–Kier alpha value is -0.520. The van der Waals surface area contributed by atoms with Crippen LogP contribution in [0.5, 0.6) is 0 Å². The molecule has 0 aromatic carbocycles. The summed E-state index contributed by atoms with van der Waals surface area (Å²) in [5.74, 6) is 3.60. The van der Waals surface area contributed by atoms with Gasteiger partial charge in [-0.1, -0.05) is 38.0 Å². The molecule has 0 saturated heterocycles. The molecule has 2 aliphatic rings. The fraction of sp³-hybridized carbons (Fsp3) is 0.778. The third kappa shape index (κ3) is 4.00. The van der Waals surface area contributed by atoms with Crippen molar-refractivity contribution in [2.24, 2.45) is 23.7 Å². The number of allylic oxidation sites excluding steroid dienone is 3. The topological polar surface area (TPSA) is 0 Å². The Morgan fingerprint density at radius 2 is 1.50 bits per heavy atom. The Bertz CT molecular complexity index is 268. The van der Waals surface area contributed by atoms with Gasteiger partial charge in [0.1, 0.15) is 0 Å². The van der Waals surface area contributed by atoms with Gasteiger partial charge in [-0.15, -0.1) is 6.58 Å². The SMILES string of the molecule is C=CC1CCC(/C=C/C2CCC(CCC)C2)CC1. The largest absolute Gasteiger partial charge is 0.103 e. The third-order valence-corrected chi connectivity index (χ3v) is 5.08. The van der Waals surface area contributed by atoms with Gasteiger partial charge < -0.3 is 0 Å². The molecule has 0 N–H and O–H groups in total. The Morgan fingerprint density at radius 3 is 2.17 bits per heavy atom. The van der Waals surface area contributed by atoms with Crippen LogP contribution in [0.4, 0.5) is 0 Å². The van der Waals surface area contributed by atoms with Crippen molar-refractivity contribution < 1.29 is 0 Å². The van der Waals surface area contributed by atoms with Crippen LogP contribution in [-0.2, 0) is 0 Å². The van der Waals surface area contributed by atoms with E-state index in [0.717, 1.165) is 23.7 Å². The molecule has 0 nitrogen and oxygen atoms in total. The number of rotatable bonds is 5. The average molecular weight is 246 g/mol. The van der Waals surface area contributed by atoms with Crippen LogP contribution in [0.15, 0.2) is 24.8 Å². The minimum absolute atomic E-state index is 0.801. The van der Waals surface area contributed by atoms with Gasteiger partial charge in [-0.3, -0.25) is 0 Å². The Morgan fingerprint density at radius 1 is 0.889 bits per heavy atom. The van der Waals surface area contributed by atoms with E-state index in [-0.39, 0.29) is 0 Å². The first-order chi connectivity index (χ1) is 8.81. The first-order valence-electron chi connectivity index (χ1n) is 8.12. The molecule has 0 heteroatoms. The summed E-state index contributed by atoms with van der Waals surface area (Å²) in [7, 11) is 0. The summed E-state index contributed by atoms with van der Waals surface area (Å²) in [5, 5.41) is 0. The van der Waals surface area contributed by atoms with Crippen molar-refractivity contribution >= 4 is 0 Å². The maximum absolute atomic E-state index is 3.93. The lowest BCUT2D eigenvalue weighted by Crippen LogP contribution is -2.11. The van der Waals surface area contributed by atoms with Crippen molar-refractivity contribution in [1.29, 1.82) is 0 Å². The molecule has 2 atom stereocenters. The van der Waals surface area contributed by atoms with Crippen LogP contribution >= 0.6 is 0 Å². The van der Waals surface area contributed by atoms with Crippen molar-refractivity contribution in [3.8, 4) is 0 Å². The lowest BCUT2D eigenvalue weighted by Gasteiger charge is -2.24. The van der Waals surface area contributed by atoms with Gasteiger partial charge in [0.25, 0.3) is 0 Å². The molecule has 2 aliphatic carbocycles. The lowest BCUT2D eigenvalue weighted by molar-refractivity contribution is 0.355. The summed E-state index contributed by atoms with van der Waals surface area (Å²) in [4.78, 5) is 0. The first-order valence-corrected chi connectivity index (χ1v) is 8.12. The van der Waals surface area contributed by atoms with Crippen LogP contribution < -0.4 is 0 Å². The molecule has 0 bridgehead atoms. The second kappa shape index (κ2) is 7.16. The van der Waals surface area contributed by atoms with E-state index in [4.69, 9.17) is 0 Å². The van der Waals surface area contributed by atoms with E-state index in [1.165, 1.54) is 57.8 Å². The molecule has 0 aromatic heterocycles. The highest BCUT2D eigenvalue weighted by Crippen LogP contribution is 2.36. The molecule has 0 amide bonds. The standard InChI is InChI=1S/C18H30/c1-3-5-17-12-13-18(14-17)11-10-16-8-6-15(4-2)7-9-16/h4,10-11,15-18H,2-3,5-9,12-14H2,1H3/b11-10+. The van der Waals surface area contributed by atoms with E-state index in [9.17, 15) is 0 Å². The van der Waals surface area contributed by atoms with E-state index >= 15 is 0 Å². The molecule has 0 heterocycles. The summed E-state index contributed by atoms with van der Waals surface area (Å²) in [6.07, 6.45) is 20.0. The van der Waals surface area contributed by atoms with Crippen molar-refractivity contribution in [2.45, 2.75) is 64.7 Å². The maximum atomic E-state index is 3.93. The van der Waals surface area contributed by atoms with Crippen molar-refractivity contribution in [3.05, 3.63) is 24.8 Å². The zero-order chi connectivity index (χ0) is 12.8. The molecule has 0 aliphatic heterocycles. The second-order valence-electron chi connectivity index (χ2n) is 6.52. The lowest BCUT2D eigenvalue weighted by atomic mass is 9.81. The van der Waals surface area contributed by atoms with Gasteiger partial charge in [0.05, 0.1) is 0 Å². The Balaban J connectivity index is 1.70. The monoisotopic (exact) mass is 246 g/mol. The molecular weight excluding hydrogens is 216 g/mol. The van der Waals surface area contributed by atoms with E-state index in [1.807, 2.05) is 0 Å². The molecule has 0 spiro atoms. The van der Waals surface area contributed by atoms with Crippen LogP contribution in [-0.4, -0.2) is 0 Å². The van der Waals surface area contributed by atoms with E-state index in [2.05, 4.69) is 31.7 Å². The highest BCUT2D eigenvalue weighted by Gasteiger charge is 2.22. The molecule has 0 radical (unpaired) electrons. The molecular formula is C18H30. The smallest absolute Gasteiger partial charge is 0.0231 e. The fourth-order valence-electron chi connectivity index (χ4n) is 3.85. The predicted molar refractivity (Wildman–Crippen MR) is 80.5 cm³/mol. The van der Waals surface area contributed by atoms with Gasteiger partial charge in [-0.2, -0.15) is 0 Å². The Labute approximate surface area is 114 Å². The van der Waals surface area contributed by atoms with Gasteiger partial charge in [0.2, 0.25) is 0 Å². The Kier molecular flexibility index (Phi) is 5.53. The molecule has 2 unspecified atom stereocenters. The van der Waals surface area contributed by atoms with Gasteiger partial charge in [-0.25, -0.2) is 0 Å². The second-order valence-corrected chi connectivity index (χ2v) is 6.52. The molecule has 102 valence electrons. The van der Waals surface area contributed by atoms with Crippen LogP contribution in [0.1, 0.15) is 64.7 Å². The zero-order valence-electron chi connectivity index (χ0n) is 12.1. The highest BCUT2D eigenvalue weighted by atomic mass is 14.3.